The van der Waals surface area contributed by atoms with Crippen LogP contribution >= 0.6 is 11.3 Å². The van der Waals surface area contributed by atoms with Crippen LogP contribution in [-0.2, 0) is 6.61 Å². The van der Waals surface area contributed by atoms with Crippen LogP contribution in [0.2, 0.25) is 0 Å². The van der Waals surface area contributed by atoms with Gasteiger partial charge in [-0.25, -0.2) is 0 Å². The van der Waals surface area contributed by atoms with Gasteiger partial charge in [-0.3, -0.25) is 14.9 Å². The fourth-order valence-corrected chi connectivity index (χ4v) is 2.36. The number of Topliss-reactive ketones (excluding diaryl/α,β-unsaturated/α-hetero) is 1. The van der Waals surface area contributed by atoms with Crippen LogP contribution in [0.15, 0.2) is 36.4 Å². The van der Waals surface area contributed by atoms with Gasteiger partial charge in [-0.1, -0.05) is 41.7 Å². The van der Waals surface area contributed by atoms with Crippen molar-refractivity contribution in [1.82, 2.24) is 0 Å². The first-order valence-electron chi connectivity index (χ1n) is 5.54. The molecule has 0 spiro atoms. The SMILES string of the molecule is CC(=O)c1cc([N+](=O)[O-])c(OCc2ccccc2)s1. The summed E-state index contributed by atoms with van der Waals surface area (Å²) in [6.45, 7) is 1.61. The molecule has 0 saturated heterocycles. The van der Waals surface area contributed by atoms with Crippen LogP contribution in [0.5, 0.6) is 5.06 Å². The number of nitrogens with zero attached hydrogens (tertiary/aromatic N) is 1. The smallest absolute Gasteiger partial charge is 0.323 e. The largest absolute Gasteiger partial charge is 0.474 e. The Morgan fingerprint density at radius 3 is 2.63 bits per heavy atom. The monoisotopic (exact) mass is 277 g/mol. The Bertz CT molecular complexity index is 606. The van der Waals surface area contributed by atoms with Gasteiger partial charge in [0.15, 0.2) is 5.78 Å². The molecule has 0 aliphatic rings. The minimum atomic E-state index is -0.538. The van der Waals surface area contributed by atoms with Crippen LogP contribution in [0.3, 0.4) is 0 Å². The lowest BCUT2D eigenvalue weighted by Gasteiger charge is -2.02. The summed E-state index contributed by atoms with van der Waals surface area (Å²) >= 11 is 1.00. The number of carbonyl (C=O) groups excluding carboxylic acids is 1. The van der Waals surface area contributed by atoms with Crippen LogP contribution in [0.4, 0.5) is 5.69 Å². The maximum absolute atomic E-state index is 11.2. The van der Waals surface area contributed by atoms with Gasteiger partial charge in [0.05, 0.1) is 9.80 Å². The number of hydrogen-bond donors (Lipinski definition) is 0. The minimum absolute atomic E-state index is 0.161. The molecule has 0 fully saturated rings. The van der Waals surface area contributed by atoms with Gasteiger partial charge in [0.1, 0.15) is 6.61 Å². The van der Waals surface area contributed by atoms with Gasteiger partial charge in [0.25, 0.3) is 5.06 Å². The first-order valence-corrected chi connectivity index (χ1v) is 6.35. The second kappa shape index (κ2) is 5.62. The first-order chi connectivity index (χ1) is 9.08. The van der Waals surface area contributed by atoms with Gasteiger partial charge in [0.2, 0.25) is 0 Å². The molecule has 6 heteroatoms. The van der Waals surface area contributed by atoms with Crippen LogP contribution in [-0.4, -0.2) is 10.7 Å². The molecular weight excluding hydrogens is 266 g/mol. The number of hydrogen-bond acceptors (Lipinski definition) is 5. The average molecular weight is 277 g/mol. The fraction of sp³-hybridized carbons (Fsp3) is 0.154. The predicted molar refractivity (Wildman–Crippen MR) is 71.8 cm³/mol. The van der Waals surface area contributed by atoms with E-state index >= 15 is 0 Å². The molecule has 0 aliphatic carbocycles. The van der Waals surface area contributed by atoms with Crippen molar-refractivity contribution in [2.45, 2.75) is 13.5 Å². The molecule has 1 aromatic heterocycles. The van der Waals surface area contributed by atoms with E-state index in [4.69, 9.17) is 4.74 Å². The normalized spacial score (nSPS) is 10.2. The molecule has 0 atom stereocenters. The maximum atomic E-state index is 11.2. The molecule has 1 aromatic carbocycles. The van der Waals surface area contributed by atoms with Gasteiger partial charge in [-0.15, -0.1) is 0 Å². The quantitative estimate of drug-likeness (QED) is 0.477. The van der Waals surface area contributed by atoms with E-state index in [2.05, 4.69) is 0 Å². The summed E-state index contributed by atoms with van der Waals surface area (Å²) in [5.41, 5.74) is 0.751. The highest BCUT2D eigenvalue weighted by Gasteiger charge is 2.22. The van der Waals surface area contributed by atoms with E-state index in [9.17, 15) is 14.9 Å². The Morgan fingerprint density at radius 1 is 1.37 bits per heavy atom. The third kappa shape index (κ3) is 3.17. The van der Waals surface area contributed by atoms with Crippen molar-refractivity contribution >= 4 is 22.8 Å². The maximum Gasteiger partial charge on any atom is 0.323 e. The van der Waals surface area contributed by atoms with Crippen molar-refractivity contribution in [3.05, 3.63) is 57.0 Å². The third-order valence-corrected chi connectivity index (χ3v) is 3.57. The van der Waals surface area contributed by atoms with Crippen molar-refractivity contribution in [3.8, 4) is 5.06 Å². The molecule has 1 heterocycles. The molecule has 5 nitrogen and oxygen atoms in total. The number of carbonyl (C=O) groups is 1. The third-order valence-electron chi connectivity index (χ3n) is 2.44. The summed E-state index contributed by atoms with van der Waals surface area (Å²) in [5.74, 6) is -0.206. The summed E-state index contributed by atoms with van der Waals surface area (Å²) in [6.07, 6.45) is 0. The van der Waals surface area contributed by atoms with Gasteiger partial charge in [0, 0.05) is 6.07 Å². The summed E-state index contributed by atoms with van der Waals surface area (Å²) in [6, 6.07) is 10.6. The molecular formula is C13H11NO4S. The van der Waals surface area contributed by atoms with Crippen LogP contribution < -0.4 is 4.74 Å². The zero-order valence-corrected chi connectivity index (χ0v) is 11.0. The summed E-state index contributed by atoms with van der Waals surface area (Å²) < 4.78 is 5.44. The number of benzene rings is 1. The molecule has 0 amide bonds. The molecule has 0 radical (unpaired) electrons. The summed E-state index contributed by atoms with van der Waals surface area (Å²) in [5, 5.41) is 11.1. The summed E-state index contributed by atoms with van der Waals surface area (Å²) in [4.78, 5) is 21.9. The number of rotatable bonds is 5. The van der Waals surface area contributed by atoms with E-state index in [0.29, 0.717) is 4.88 Å². The van der Waals surface area contributed by atoms with E-state index in [0.717, 1.165) is 16.9 Å². The molecule has 0 bridgehead atoms. The lowest BCUT2D eigenvalue weighted by atomic mass is 10.2. The van der Waals surface area contributed by atoms with E-state index < -0.39 is 4.92 Å². The van der Waals surface area contributed by atoms with Crippen molar-refractivity contribution in [2.75, 3.05) is 0 Å². The fourth-order valence-electron chi connectivity index (χ4n) is 1.49. The highest BCUT2D eigenvalue weighted by atomic mass is 32.1. The zero-order chi connectivity index (χ0) is 13.8. The van der Waals surface area contributed by atoms with Crippen molar-refractivity contribution in [3.63, 3.8) is 0 Å². The molecule has 2 rings (SSSR count). The standard InChI is InChI=1S/C13H11NO4S/c1-9(15)12-7-11(14(16)17)13(19-12)18-8-10-5-3-2-4-6-10/h2-7H,8H2,1H3. The Morgan fingerprint density at radius 2 is 2.05 bits per heavy atom. The molecule has 98 valence electrons. The Balaban J connectivity index is 2.19. The van der Waals surface area contributed by atoms with Gasteiger partial charge >= 0.3 is 5.69 Å². The highest BCUT2D eigenvalue weighted by molar-refractivity contribution is 7.16. The number of ketones is 1. The second-order valence-electron chi connectivity index (χ2n) is 3.87. The predicted octanol–water partition coefficient (Wildman–Crippen LogP) is 3.44. The van der Waals surface area contributed by atoms with Crippen LogP contribution in [0, 0.1) is 10.1 Å². The van der Waals surface area contributed by atoms with E-state index in [1.54, 1.807) is 0 Å². The summed E-state index contributed by atoms with van der Waals surface area (Å²) in [7, 11) is 0. The topological polar surface area (TPSA) is 69.4 Å². The number of thiophene rings is 1. The van der Waals surface area contributed by atoms with Gasteiger partial charge in [-0.05, 0) is 12.5 Å². The van der Waals surface area contributed by atoms with E-state index in [1.807, 2.05) is 30.3 Å². The lowest BCUT2D eigenvalue weighted by Crippen LogP contribution is -1.96. The zero-order valence-electron chi connectivity index (χ0n) is 10.2. The molecule has 19 heavy (non-hydrogen) atoms. The average Bonchev–Trinajstić information content (AvgIpc) is 2.82. The minimum Gasteiger partial charge on any atom is -0.474 e. The van der Waals surface area contributed by atoms with E-state index in [1.165, 1.54) is 13.0 Å². The molecule has 0 N–H and O–H groups in total. The van der Waals surface area contributed by atoms with Gasteiger partial charge in [-0.2, -0.15) is 0 Å². The van der Waals surface area contributed by atoms with E-state index in [-0.39, 0.29) is 23.1 Å². The van der Waals surface area contributed by atoms with Crippen LogP contribution in [0.25, 0.3) is 0 Å². The Labute approximate surface area is 113 Å². The molecule has 2 aromatic rings. The molecule has 0 saturated carbocycles. The Hall–Kier alpha value is -2.21. The van der Waals surface area contributed by atoms with Crippen molar-refractivity contribution in [1.29, 1.82) is 0 Å². The molecule has 0 aliphatic heterocycles. The number of ether oxygens (including phenoxy) is 1. The highest BCUT2D eigenvalue weighted by Crippen LogP contribution is 2.37. The second-order valence-corrected chi connectivity index (χ2v) is 4.89. The van der Waals surface area contributed by atoms with Gasteiger partial charge < -0.3 is 4.74 Å². The Kier molecular flexibility index (Phi) is 3.91. The lowest BCUT2D eigenvalue weighted by molar-refractivity contribution is -0.385. The van der Waals surface area contributed by atoms with Crippen molar-refractivity contribution < 1.29 is 14.5 Å². The van der Waals surface area contributed by atoms with Crippen LogP contribution in [0.1, 0.15) is 22.2 Å². The van der Waals surface area contributed by atoms with Crippen molar-refractivity contribution in [2.24, 2.45) is 0 Å². The number of nitro groups is 1. The molecule has 0 unspecified atom stereocenters. The first kappa shape index (κ1) is 13.2.